The van der Waals surface area contributed by atoms with E-state index in [1.54, 1.807) is 0 Å². The van der Waals surface area contributed by atoms with Gasteiger partial charge in [0, 0.05) is 12.5 Å². The van der Waals surface area contributed by atoms with E-state index in [1.807, 2.05) is 45.0 Å². The monoisotopic (exact) mass is 306 g/mol. The van der Waals surface area contributed by atoms with E-state index in [2.05, 4.69) is 10.6 Å². The number of nitrogens with one attached hydrogen (secondary N) is 2. The molecule has 0 spiro atoms. The van der Waals surface area contributed by atoms with Crippen LogP contribution in [0.3, 0.4) is 0 Å². The van der Waals surface area contributed by atoms with Crippen LogP contribution in [0.2, 0.25) is 0 Å². The van der Waals surface area contributed by atoms with Crippen molar-refractivity contribution < 1.29 is 14.6 Å². The molecule has 0 aliphatic carbocycles. The standard InChI is InChI=1S/C17H26N2O3/c1-11(2)22-15-6-4-13(5-7-15)16(20)10-19-17(21)12(3)14-8-18-9-14/h4-7,11-12,14,16,18,20H,8-10H2,1-3H3,(H,19,21). The Balaban J connectivity index is 1.81. The first-order chi connectivity index (χ1) is 10.5. The van der Waals surface area contributed by atoms with Gasteiger partial charge in [-0.05, 0) is 50.6 Å². The van der Waals surface area contributed by atoms with E-state index in [4.69, 9.17) is 4.74 Å². The molecule has 5 heteroatoms. The molecule has 1 amide bonds. The summed E-state index contributed by atoms with van der Waals surface area (Å²) in [6, 6.07) is 7.33. The first-order valence-electron chi connectivity index (χ1n) is 7.90. The Labute approximate surface area is 132 Å². The molecular formula is C17H26N2O3. The third-order valence-corrected chi connectivity index (χ3v) is 4.04. The van der Waals surface area contributed by atoms with Crippen LogP contribution in [0.5, 0.6) is 5.75 Å². The van der Waals surface area contributed by atoms with E-state index in [1.165, 1.54) is 0 Å². The third kappa shape index (κ3) is 4.45. The summed E-state index contributed by atoms with van der Waals surface area (Å²) in [6.45, 7) is 7.90. The Bertz CT molecular complexity index is 483. The molecule has 2 atom stereocenters. The number of rotatable bonds is 7. The summed E-state index contributed by atoms with van der Waals surface area (Å²) in [4.78, 5) is 12.0. The maximum absolute atomic E-state index is 12.0. The highest BCUT2D eigenvalue weighted by Gasteiger charge is 2.28. The fourth-order valence-electron chi connectivity index (χ4n) is 2.40. The van der Waals surface area contributed by atoms with Gasteiger partial charge in [0.2, 0.25) is 5.91 Å². The number of ether oxygens (including phenoxy) is 1. The van der Waals surface area contributed by atoms with Gasteiger partial charge in [-0.3, -0.25) is 4.79 Å². The maximum atomic E-state index is 12.0. The lowest BCUT2D eigenvalue weighted by atomic mass is 9.88. The van der Waals surface area contributed by atoms with E-state index >= 15 is 0 Å². The Morgan fingerprint density at radius 1 is 1.32 bits per heavy atom. The van der Waals surface area contributed by atoms with Crippen molar-refractivity contribution >= 4 is 5.91 Å². The second-order valence-electron chi connectivity index (χ2n) is 6.20. The predicted octanol–water partition coefficient (Wildman–Crippen LogP) is 1.48. The fraction of sp³-hybridized carbons (Fsp3) is 0.588. The van der Waals surface area contributed by atoms with E-state index in [0.29, 0.717) is 5.92 Å². The van der Waals surface area contributed by atoms with Crippen LogP contribution in [0.1, 0.15) is 32.4 Å². The SMILES string of the molecule is CC(C)Oc1ccc(C(O)CNC(=O)C(C)C2CNC2)cc1. The van der Waals surface area contributed by atoms with Gasteiger partial charge in [-0.25, -0.2) is 0 Å². The molecule has 1 aliphatic rings. The molecule has 5 nitrogen and oxygen atoms in total. The van der Waals surface area contributed by atoms with Gasteiger partial charge in [0.25, 0.3) is 0 Å². The smallest absolute Gasteiger partial charge is 0.223 e. The highest BCUT2D eigenvalue weighted by atomic mass is 16.5. The van der Waals surface area contributed by atoms with Crippen molar-refractivity contribution in [1.82, 2.24) is 10.6 Å². The van der Waals surface area contributed by atoms with Gasteiger partial charge in [-0.15, -0.1) is 0 Å². The van der Waals surface area contributed by atoms with Crippen LogP contribution in [-0.4, -0.2) is 36.8 Å². The lowest BCUT2D eigenvalue weighted by molar-refractivity contribution is -0.127. The molecule has 0 aromatic heterocycles. The Hall–Kier alpha value is -1.59. The summed E-state index contributed by atoms with van der Waals surface area (Å²) in [5.41, 5.74) is 0.773. The number of carbonyl (C=O) groups excluding carboxylic acids is 1. The highest BCUT2D eigenvalue weighted by Crippen LogP contribution is 2.19. The minimum atomic E-state index is -0.705. The third-order valence-electron chi connectivity index (χ3n) is 4.04. The number of amides is 1. The van der Waals surface area contributed by atoms with Crippen LogP contribution < -0.4 is 15.4 Å². The van der Waals surface area contributed by atoms with Crippen molar-refractivity contribution in [3.63, 3.8) is 0 Å². The van der Waals surface area contributed by atoms with Crippen LogP contribution in [0, 0.1) is 11.8 Å². The van der Waals surface area contributed by atoms with Gasteiger partial charge < -0.3 is 20.5 Å². The quantitative estimate of drug-likeness (QED) is 0.713. The molecular weight excluding hydrogens is 280 g/mol. The minimum absolute atomic E-state index is 0.00492. The number of benzene rings is 1. The van der Waals surface area contributed by atoms with E-state index in [9.17, 15) is 9.90 Å². The Morgan fingerprint density at radius 3 is 2.45 bits per heavy atom. The van der Waals surface area contributed by atoms with Crippen molar-refractivity contribution in [3.05, 3.63) is 29.8 Å². The molecule has 1 fully saturated rings. The summed E-state index contributed by atoms with van der Waals surface area (Å²) in [5, 5.41) is 16.2. The van der Waals surface area contributed by atoms with Gasteiger partial charge in [-0.2, -0.15) is 0 Å². The number of aliphatic hydroxyl groups is 1. The van der Waals surface area contributed by atoms with E-state index < -0.39 is 6.10 Å². The summed E-state index contributed by atoms with van der Waals surface area (Å²) in [6.07, 6.45) is -0.582. The molecule has 1 heterocycles. The predicted molar refractivity (Wildman–Crippen MR) is 85.7 cm³/mol. The average Bonchev–Trinajstić information content (AvgIpc) is 2.42. The molecule has 2 unspecified atom stereocenters. The first kappa shape index (κ1) is 16.8. The lowest BCUT2D eigenvalue weighted by Gasteiger charge is -2.31. The normalized spacial score (nSPS) is 17.7. The van der Waals surface area contributed by atoms with E-state index in [-0.39, 0.29) is 24.5 Å². The molecule has 3 N–H and O–H groups in total. The highest BCUT2D eigenvalue weighted by molar-refractivity contribution is 5.78. The molecule has 22 heavy (non-hydrogen) atoms. The van der Waals surface area contributed by atoms with Crippen molar-refractivity contribution in [2.45, 2.75) is 33.0 Å². The van der Waals surface area contributed by atoms with Gasteiger partial charge in [0.1, 0.15) is 5.75 Å². The van der Waals surface area contributed by atoms with Crippen LogP contribution in [0.25, 0.3) is 0 Å². The molecule has 1 aromatic carbocycles. The number of carbonyl (C=O) groups is 1. The van der Waals surface area contributed by atoms with Crippen molar-refractivity contribution in [2.75, 3.05) is 19.6 Å². The number of hydrogen-bond acceptors (Lipinski definition) is 4. The molecule has 1 aromatic rings. The largest absolute Gasteiger partial charge is 0.491 e. The van der Waals surface area contributed by atoms with Crippen molar-refractivity contribution in [1.29, 1.82) is 0 Å². The van der Waals surface area contributed by atoms with Gasteiger partial charge in [0.05, 0.1) is 12.2 Å². The molecule has 2 rings (SSSR count). The van der Waals surface area contributed by atoms with E-state index in [0.717, 1.165) is 24.4 Å². The van der Waals surface area contributed by atoms with Crippen LogP contribution >= 0.6 is 0 Å². The summed E-state index contributed by atoms with van der Waals surface area (Å²) in [5.74, 6) is 1.17. The zero-order valence-electron chi connectivity index (χ0n) is 13.5. The van der Waals surface area contributed by atoms with Crippen molar-refractivity contribution in [2.24, 2.45) is 11.8 Å². The fourth-order valence-corrected chi connectivity index (χ4v) is 2.40. The topological polar surface area (TPSA) is 70.6 Å². The van der Waals surface area contributed by atoms with Crippen molar-refractivity contribution in [3.8, 4) is 5.75 Å². The molecule has 1 aliphatic heterocycles. The number of aliphatic hydroxyl groups excluding tert-OH is 1. The van der Waals surface area contributed by atoms with Gasteiger partial charge >= 0.3 is 0 Å². The van der Waals surface area contributed by atoms with Gasteiger partial charge in [0.15, 0.2) is 0 Å². The Kier molecular flexibility index (Phi) is 5.80. The summed E-state index contributed by atoms with van der Waals surface area (Å²) < 4.78 is 5.57. The molecule has 0 saturated carbocycles. The minimum Gasteiger partial charge on any atom is -0.491 e. The maximum Gasteiger partial charge on any atom is 0.223 e. The van der Waals surface area contributed by atoms with Crippen LogP contribution in [-0.2, 0) is 4.79 Å². The molecule has 0 radical (unpaired) electrons. The first-order valence-corrected chi connectivity index (χ1v) is 7.90. The summed E-state index contributed by atoms with van der Waals surface area (Å²) >= 11 is 0. The molecule has 122 valence electrons. The molecule has 1 saturated heterocycles. The van der Waals surface area contributed by atoms with Crippen LogP contribution in [0.4, 0.5) is 0 Å². The van der Waals surface area contributed by atoms with Crippen LogP contribution in [0.15, 0.2) is 24.3 Å². The zero-order chi connectivity index (χ0) is 16.1. The lowest BCUT2D eigenvalue weighted by Crippen LogP contribution is -2.50. The zero-order valence-corrected chi connectivity index (χ0v) is 13.5. The second-order valence-corrected chi connectivity index (χ2v) is 6.20. The summed E-state index contributed by atoms with van der Waals surface area (Å²) in [7, 11) is 0. The average molecular weight is 306 g/mol. The van der Waals surface area contributed by atoms with Gasteiger partial charge in [-0.1, -0.05) is 19.1 Å². The molecule has 0 bridgehead atoms. The second kappa shape index (κ2) is 7.61. The Morgan fingerprint density at radius 2 is 1.95 bits per heavy atom. The number of hydrogen-bond donors (Lipinski definition) is 3.